The normalized spacial score (nSPS) is 12.2. The van der Waals surface area contributed by atoms with Gasteiger partial charge in [0.25, 0.3) is 0 Å². The van der Waals surface area contributed by atoms with Crippen molar-refractivity contribution < 1.29 is 0 Å². The number of aryl methyl sites for hydroxylation is 1. The number of rotatable bonds is 3. The number of hydrogen-bond donors (Lipinski definition) is 2. The van der Waals surface area contributed by atoms with Gasteiger partial charge < -0.3 is 10.7 Å². The molecule has 0 saturated heterocycles. The predicted molar refractivity (Wildman–Crippen MR) is 67.6 cm³/mol. The van der Waals surface area contributed by atoms with E-state index in [0.717, 1.165) is 23.3 Å². The van der Waals surface area contributed by atoms with E-state index in [2.05, 4.69) is 48.9 Å². The van der Waals surface area contributed by atoms with Crippen molar-refractivity contribution in [2.75, 3.05) is 6.54 Å². The maximum absolute atomic E-state index is 5.79. The van der Waals surface area contributed by atoms with E-state index in [1.165, 1.54) is 5.56 Å². The van der Waals surface area contributed by atoms with Crippen LogP contribution < -0.4 is 5.73 Å². The predicted octanol–water partition coefficient (Wildman–Crippen LogP) is 2.36. The molecule has 1 aromatic carbocycles. The number of nitrogens with zero attached hydrogens (tertiary/aromatic N) is 1. The highest BCUT2D eigenvalue weighted by Gasteiger charge is 2.19. The molecule has 1 heterocycles. The van der Waals surface area contributed by atoms with Gasteiger partial charge in [0.2, 0.25) is 0 Å². The Morgan fingerprint density at radius 2 is 2.12 bits per heavy atom. The first kappa shape index (κ1) is 11.1. The molecule has 0 spiro atoms. The second kappa shape index (κ2) is 3.91. The van der Waals surface area contributed by atoms with Crippen LogP contribution in [-0.4, -0.2) is 16.5 Å². The van der Waals surface area contributed by atoms with Crippen molar-refractivity contribution in [3.63, 3.8) is 0 Å². The third kappa shape index (κ3) is 1.83. The second-order valence-corrected chi connectivity index (χ2v) is 4.86. The lowest BCUT2D eigenvalue weighted by atomic mass is 9.85. The second-order valence-electron chi connectivity index (χ2n) is 4.86. The molecule has 1 aromatic heterocycles. The Kier molecular flexibility index (Phi) is 2.72. The number of benzene rings is 1. The van der Waals surface area contributed by atoms with Crippen LogP contribution in [0.5, 0.6) is 0 Å². The van der Waals surface area contributed by atoms with Crippen LogP contribution in [0.3, 0.4) is 0 Å². The molecule has 0 aliphatic rings. The molecule has 2 rings (SSSR count). The smallest absolute Gasteiger partial charge is 0.106 e. The third-order valence-electron chi connectivity index (χ3n) is 3.16. The summed E-state index contributed by atoms with van der Waals surface area (Å²) in [5.74, 6) is 1.04. The van der Waals surface area contributed by atoms with Gasteiger partial charge in [0, 0.05) is 18.4 Å². The van der Waals surface area contributed by atoms with Crippen molar-refractivity contribution in [1.82, 2.24) is 9.97 Å². The van der Waals surface area contributed by atoms with Gasteiger partial charge in [-0.1, -0.05) is 26.8 Å². The highest BCUT2D eigenvalue weighted by atomic mass is 14.9. The number of H-pyrrole nitrogens is 1. The van der Waals surface area contributed by atoms with Gasteiger partial charge in [-0.05, 0) is 17.7 Å². The van der Waals surface area contributed by atoms with Gasteiger partial charge in [0.05, 0.1) is 11.0 Å². The molecule has 0 aliphatic carbocycles. The third-order valence-corrected chi connectivity index (χ3v) is 3.16. The fraction of sp³-hybridized carbons (Fsp3) is 0.462. The van der Waals surface area contributed by atoms with Gasteiger partial charge in [-0.3, -0.25) is 0 Å². The Hall–Kier alpha value is -1.35. The summed E-state index contributed by atoms with van der Waals surface area (Å²) >= 11 is 0. The van der Waals surface area contributed by atoms with Crippen LogP contribution in [0, 0.1) is 0 Å². The molecule has 2 aromatic rings. The molecule has 0 amide bonds. The summed E-state index contributed by atoms with van der Waals surface area (Å²) in [6.07, 6.45) is 0.935. The zero-order chi connectivity index (χ0) is 11.8. The first-order valence-corrected chi connectivity index (χ1v) is 5.76. The van der Waals surface area contributed by atoms with Crippen LogP contribution in [0.4, 0.5) is 0 Å². The Labute approximate surface area is 96.1 Å². The van der Waals surface area contributed by atoms with Gasteiger partial charge in [-0.2, -0.15) is 0 Å². The first-order chi connectivity index (χ1) is 7.56. The zero-order valence-corrected chi connectivity index (χ0v) is 10.2. The highest BCUT2D eigenvalue weighted by molar-refractivity contribution is 5.76. The van der Waals surface area contributed by atoms with E-state index < -0.39 is 0 Å². The fourth-order valence-corrected chi connectivity index (χ4v) is 1.77. The Balaban J connectivity index is 2.51. The van der Waals surface area contributed by atoms with Gasteiger partial charge in [-0.15, -0.1) is 0 Å². The fourth-order valence-electron chi connectivity index (χ4n) is 1.77. The lowest BCUT2D eigenvalue weighted by molar-refractivity contribution is 0.539. The lowest BCUT2D eigenvalue weighted by Crippen LogP contribution is -2.27. The lowest BCUT2D eigenvalue weighted by Gasteiger charge is -2.22. The maximum atomic E-state index is 5.79. The summed E-state index contributed by atoms with van der Waals surface area (Å²) in [6.45, 7) is 7.06. The SMILES string of the molecule is CCc1nc2ccc(C(C)(C)CN)cc2[nH]1. The minimum absolute atomic E-state index is 0.0195. The summed E-state index contributed by atoms with van der Waals surface area (Å²) in [6, 6.07) is 6.35. The summed E-state index contributed by atoms with van der Waals surface area (Å²) in [5, 5.41) is 0. The Bertz CT molecular complexity index is 497. The summed E-state index contributed by atoms with van der Waals surface area (Å²) < 4.78 is 0. The van der Waals surface area contributed by atoms with Crippen molar-refractivity contribution in [2.24, 2.45) is 5.73 Å². The van der Waals surface area contributed by atoms with E-state index in [9.17, 15) is 0 Å². The quantitative estimate of drug-likeness (QED) is 0.829. The van der Waals surface area contributed by atoms with Crippen LogP contribution in [0.15, 0.2) is 18.2 Å². The Morgan fingerprint density at radius 3 is 2.75 bits per heavy atom. The van der Waals surface area contributed by atoms with Crippen LogP contribution in [0.1, 0.15) is 32.2 Å². The van der Waals surface area contributed by atoms with Crippen LogP contribution in [0.25, 0.3) is 11.0 Å². The van der Waals surface area contributed by atoms with E-state index in [1.54, 1.807) is 0 Å². The molecular weight excluding hydrogens is 198 g/mol. The van der Waals surface area contributed by atoms with Crippen LogP contribution in [-0.2, 0) is 11.8 Å². The minimum atomic E-state index is 0.0195. The summed E-state index contributed by atoms with van der Waals surface area (Å²) in [4.78, 5) is 7.82. The number of aromatic nitrogens is 2. The largest absolute Gasteiger partial charge is 0.342 e. The molecule has 3 N–H and O–H groups in total. The van der Waals surface area contributed by atoms with Gasteiger partial charge >= 0.3 is 0 Å². The van der Waals surface area contributed by atoms with Crippen molar-refractivity contribution in [2.45, 2.75) is 32.6 Å². The molecular formula is C13H19N3. The monoisotopic (exact) mass is 217 g/mol. The Morgan fingerprint density at radius 1 is 1.38 bits per heavy atom. The molecule has 0 aliphatic heterocycles. The molecule has 0 unspecified atom stereocenters. The maximum Gasteiger partial charge on any atom is 0.106 e. The molecule has 16 heavy (non-hydrogen) atoms. The molecule has 0 fully saturated rings. The number of nitrogens with two attached hydrogens (primary N) is 1. The van der Waals surface area contributed by atoms with Crippen LogP contribution in [0.2, 0.25) is 0 Å². The minimum Gasteiger partial charge on any atom is -0.342 e. The van der Waals surface area contributed by atoms with E-state index in [-0.39, 0.29) is 5.41 Å². The highest BCUT2D eigenvalue weighted by Crippen LogP contribution is 2.24. The number of imidazole rings is 1. The van der Waals surface area contributed by atoms with Crippen LogP contribution >= 0.6 is 0 Å². The van der Waals surface area contributed by atoms with Gasteiger partial charge in [0.1, 0.15) is 5.82 Å². The van der Waals surface area contributed by atoms with E-state index in [1.807, 2.05) is 0 Å². The summed E-state index contributed by atoms with van der Waals surface area (Å²) in [5.41, 5.74) is 9.21. The molecule has 3 nitrogen and oxygen atoms in total. The van der Waals surface area contributed by atoms with Crippen molar-refractivity contribution >= 4 is 11.0 Å². The molecule has 0 atom stereocenters. The zero-order valence-electron chi connectivity index (χ0n) is 10.2. The average Bonchev–Trinajstić information content (AvgIpc) is 2.70. The number of aromatic amines is 1. The molecule has 3 heteroatoms. The van der Waals surface area contributed by atoms with E-state index in [4.69, 9.17) is 5.73 Å². The van der Waals surface area contributed by atoms with Crippen molar-refractivity contribution in [3.05, 3.63) is 29.6 Å². The molecule has 0 bridgehead atoms. The standard InChI is InChI=1S/C13H19N3/c1-4-12-15-10-6-5-9(7-11(10)16-12)13(2,3)8-14/h5-7H,4,8,14H2,1-3H3,(H,15,16). The van der Waals surface area contributed by atoms with Crippen molar-refractivity contribution in [3.8, 4) is 0 Å². The number of nitrogens with one attached hydrogen (secondary N) is 1. The van der Waals surface area contributed by atoms with Crippen molar-refractivity contribution in [1.29, 1.82) is 0 Å². The summed E-state index contributed by atoms with van der Waals surface area (Å²) in [7, 11) is 0. The van der Waals surface area contributed by atoms with Gasteiger partial charge in [-0.25, -0.2) is 4.98 Å². The number of hydrogen-bond acceptors (Lipinski definition) is 2. The number of fused-ring (bicyclic) bond motifs is 1. The molecule has 0 radical (unpaired) electrons. The molecule has 0 saturated carbocycles. The van der Waals surface area contributed by atoms with E-state index in [0.29, 0.717) is 6.54 Å². The topological polar surface area (TPSA) is 54.7 Å². The average molecular weight is 217 g/mol. The molecule has 86 valence electrons. The van der Waals surface area contributed by atoms with Gasteiger partial charge in [0.15, 0.2) is 0 Å². The first-order valence-electron chi connectivity index (χ1n) is 5.76. The van der Waals surface area contributed by atoms with E-state index >= 15 is 0 Å².